The number of amides is 2. The van der Waals surface area contributed by atoms with Crippen molar-refractivity contribution in [1.82, 2.24) is 39.8 Å². The van der Waals surface area contributed by atoms with Crippen LogP contribution in [0.15, 0.2) is 354 Å². The van der Waals surface area contributed by atoms with E-state index in [1.54, 1.807) is 104 Å². The summed E-state index contributed by atoms with van der Waals surface area (Å²) in [5.74, 6) is 2.58. The molecule has 1 atom stereocenters. The third kappa shape index (κ3) is 40.2. The molecular formula is C106H94BBr6Cl10N9O14P+. The van der Waals surface area contributed by atoms with Gasteiger partial charge in [-0.15, -0.1) is 23.2 Å². The number of benzene rings is 11. The number of alkyl carbamates (subject to hydrolysis) is 1. The Hall–Kier alpha value is -9.16. The molecule has 0 spiro atoms. The first kappa shape index (κ1) is 121. The van der Waals surface area contributed by atoms with Crippen LogP contribution in [0, 0.1) is 5.92 Å². The Kier molecular flexibility index (Phi) is 49.7. The SMILES string of the molecule is Brc1cncc2cc3ccccc3cc12.C1CCOC1.CC(C)(C)OC(=O)NC/C=C/B1OC(C)(C)C(C)(C)O1.ClC(Cl)Cl.ClCCl.Clc1ncc(Br)c2cc3ccccc3cc12.O=C(Cl)Oc1ccccc1.O=CC1=CN(C(=O)Oc2ccccc2)C=C(Br)C1Cc1ccccc1.O=Cc1cncc(Br)c1.O=P(Cl)(Cl)Cl.O=c1[nH]nc2c3cc4ccccc4cc3c(Br)cn12.O[n+]1cc(Br)c2cc3ccccc3cc2c1. The molecule has 11 aromatic carbocycles. The molecule has 2 amide bonds. The second kappa shape index (κ2) is 60.2. The molecule has 147 heavy (non-hydrogen) atoms. The van der Waals surface area contributed by atoms with E-state index in [1.807, 2.05) is 140 Å². The molecule has 23 nitrogen and oxygen atoms in total. The molecule has 17 aromatic rings. The Balaban J connectivity index is 0.000000185. The molecule has 3 aliphatic heterocycles. The maximum atomic E-state index is 12.3. The lowest BCUT2D eigenvalue weighted by Crippen LogP contribution is -2.41. The molecule has 0 aliphatic carbocycles. The zero-order chi connectivity index (χ0) is 107. The van der Waals surface area contributed by atoms with Crippen molar-refractivity contribution in [2.24, 2.45) is 5.92 Å². The summed E-state index contributed by atoms with van der Waals surface area (Å²) in [4.78, 5) is 80.6. The van der Waals surface area contributed by atoms with Crippen LogP contribution < -0.4 is 25.2 Å². The van der Waals surface area contributed by atoms with Crippen LogP contribution >= 0.6 is 216 Å². The lowest BCUT2D eigenvalue weighted by atomic mass is 9.90. The summed E-state index contributed by atoms with van der Waals surface area (Å²) in [6.07, 6.45) is 22.4. The fourth-order valence-corrected chi connectivity index (χ4v) is 17.1. The zero-order valence-corrected chi connectivity index (χ0v) is 97.2. The minimum atomic E-state index is -3.22. The largest absolute Gasteiger partial charge is 0.486 e. The third-order valence-electron chi connectivity index (χ3n) is 21.1. The number of rotatable bonds is 9. The van der Waals surface area contributed by atoms with Crippen LogP contribution in [0.5, 0.6) is 11.5 Å². The number of hydrogen-bond acceptors (Lipinski definition) is 18. The summed E-state index contributed by atoms with van der Waals surface area (Å²) in [7, 11) is -0.388. The van der Waals surface area contributed by atoms with Crippen molar-refractivity contribution < 1.29 is 66.7 Å². The number of pyridine rings is 5. The van der Waals surface area contributed by atoms with E-state index in [4.69, 9.17) is 105 Å². The lowest BCUT2D eigenvalue weighted by molar-refractivity contribution is -0.904. The summed E-state index contributed by atoms with van der Waals surface area (Å²) in [6.45, 7) is 15.9. The number of alkyl halides is 5. The van der Waals surface area contributed by atoms with Crippen LogP contribution in [-0.2, 0) is 34.6 Å². The smallest absolute Gasteiger partial charge is 0.444 e. The van der Waals surface area contributed by atoms with E-state index in [1.165, 1.54) is 77.6 Å². The highest BCUT2D eigenvalue weighted by Crippen LogP contribution is 2.61. The Labute approximate surface area is 948 Å². The normalized spacial score (nSPS) is 13.5. The van der Waals surface area contributed by atoms with Crippen molar-refractivity contribution in [2.75, 3.05) is 25.1 Å². The molecule has 41 heteroatoms. The number of allylic oxidation sites excluding steroid dienone is 2. The van der Waals surface area contributed by atoms with Gasteiger partial charge in [0.15, 0.2) is 16.2 Å². The van der Waals surface area contributed by atoms with Gasteiger partial charge in [0.2, 0.25) is 12.4 Å². The van der Waals surface area contributed by atoms with Gasteiger partial charge in [0.25, 0.3) is 0 Å². The second-order valence-electron chi connectivity index (χ2n) is 33.2. The molecule has 0 radical (unpaired) electrons. The molecule has 0 saturated carbocycles. The molecule has 2 fully saturated rings. The van der Waals surface area contributed by atoms with Crippen LogP contribution in [0.2, 0.25) is 5.15 Å². The summed E-state index contributed by atoms with van der Waals surface area (Å²) in [5, 5.41) is 34.3. The number of aromatic nitrogens is 7. The maximum Gasteiger partial charge on any atom is 0.486 e. The highest BCUT2D eigenvalue weighted by Gasteiger charge is 2.50. The van der Waals surface area contributed by atoms with Gasteiger partial charge in [-0.05, 0) is 314 Å². The van der Waals surface area contributed by atoms with Crippen molar-refractivity contribution >= 4 is 345 Å². The van der Waals surface area contributed by atoms with Gasteiger partial charge < -0.3 is 33.6 Å². The summed E-state index contributed by atoms with van der Waals surface area (Å²) in [5.41, 5.74) is 0.644. The van der Waals surface area contributed by atoms with Crippen molar-refractivity contribution in [1.29, 1.82) is 0 Å². The minimum Gasteiger partial charge on any atom is -0.444 e. The van der Waals surface area contributed by atoms with Gasteiger partial charge in [0, 0.05) is 157 Å². The van der Waals surface area contributed by atoms with Gasteiger partial charge in [0.05, 0.1) is 26.4 Å². The number of halogens is 16. The summed E-state index contributed by atoms with van der Waals surface area (Å²) in [6, 6.07) is 78.9. The van der Waals surface area contributed by atoms with Gasteiger partial charge in [-0.1, -0.05) is 238 Å². The number of aldehydes is 2. The molecule has 20 rings (SSSR count). The van der Waals surface area contributed by atoms with Crippen LogP contribution in [0.25, 0.3) is 91.8 Å². The van der Waals surface area contributed by atoms with Crippen molar-refractivity contribution in [3.8, 4) is 11.5 Å². The average molecular weight is 2590 g/mol. The van der Waals surface area contributed by atoms with Crippen LogP contribution in [0.3, 0.4) is 0 Å². The van der Waals surface area contributed by atoms with Crippen molar-refractivity contribution in [3.63, 3.8) is 0 Å². The topological polar surface area (TPSA) is 286 Å². The fourth-order valence-electron chi connectivity index (χ4n) is 13.8. The standard InChI is InChI=1S/C20H16BrNO3.C14H26BNO4.C14H8BrN3O.C13H7BrClN.C13H9BrNO.C13H8BrN.C7H5ClO2.C6H4BrNO.C4H8O.CHCl3.CH2Cl2.Cl3OP/c21-19-13-22(20(24)25-17-9-5-2-6-10-17)12-16(14-23)18(19)11-15-7-3-1-4-8-15;1-12(2,3)18-11(17)16-10-8-9-15-19-13(4,5)14(6,7)20-15;15-12-7-18-13(16-17-14(18)19)11-6-9-4-2-1-3-8(9)5-10(11)12;14-12-7-16-13(15)11-6-9-4-2-1-3-8(9)5-10(11)12;14-13-8-15(16)7-11-5-9-3-1-2-4-10(9)6-12(11)13;14-13-8-15-7-11-5-9-3-1-2-4-10(9)6-12(11)13;8-7(9)10-6-4-2-1-3-5-6;7-6-1-5(4-9)2-8-3-6;1-2-4-5-3-1;2-1(3)4;2-1-3;1-5(2,3)4/h1-10,12-14,18H,11H2;8-9H,10H2,1-7H3,(H,16,17);1-7H,(H,17,19);1-7H;1-8,16H;1-8H;1-5H;1-4H;1-4H2;1H;1H2;/q;;;;+1;;;;;;;/b;9-8+;;;;;;;;;;. The summed E-state index contributed by atoms with van der Waals surface area (Å²) >= 11 is 69.5. The molecular weight excluding hydrogens is 2500 g/mol. The Morgan fingerprint density at radius 3 is 1.49 bits per heavy atom. The molecule has 1 unspecified atom stereocenters. The number of fused-ring (bicyclic) bond motifs is 10. The molecule has 3 aliphatic rings. The number of carbonyl (C=O) groups excluding carboxylic acids is 5. The molecule has 6 aromatic heterocycles. The fraction of sp³-hybridized carbons (Fsp3) is 0.179. The Morgan fingerprint density at radius 1 is 0.578 bits per heavy atom. The highest BCUT2D eigenvalue weighted by atomic mass is 79.9. The number of ether oxygens (including phenoxy) is 4. The van der Waals surface area contributed by atoms with E-state index in [2.05, 4.69) is 274 Å². The molecule has 766 valence electrons. The van der Waals surface area contributed by atoms with E-state index in [0.717, 1.165) is 106 Å². The van der Waals surface area contributed by atoms with Gasteiger partial charge in [-0.2, -0.15) is 5.10 Å². The van der Waals surface area contributed by atoms with Crippen LogP contribution in [-0.4, -0.2) is 123 Å². The van der Waals surface area contributed by atoms with Gasteiger partial charge in [0.1, 0.15) is 28.5 Å². The molecule has 3 N–H and O–H groups in total. The van der Waals surface area contributed by atoms with E-state index >= 15 is 0 Å². The Bertz CT molecular complexity index is 7470. The predicted octanol–water partition coefficient (Wildman–Crippen LogP) is 33.8. The number of aromatic amines is 1. The first-order valence-electron chi connectivity index (χ1n) is 44.2. The lowest BCUT2D eigenvalue weighted by Gasteiger charge is -2.32. The van der Waals surface area contributed by atoms with Gasteiger partial charge in [-0.3, -0.25) is 34.2 Å². The van der Waals surface area contributed by atoms with Crippen LogP contribution in [0.4, 0.5) is 14.4 Å². The van der Waals surface area contributed by atoms with Crippen molar-refractivity contribution in [2.45, 2.75) is 88.8 Å². The van der Waals surface area contributed by atoms with E-state index in [-0.39, 0.29) is 35.3 Å². The molecule has 9 heterocycles. The number of nitrogens with zero attached hydrogens (tertiary/aromatic N) is 7. The zero-order valence-electron chi connectivity index (χ0n) is 79.2. The first-order valence-corrected chi connectivity index (χ1v) is 56.5. The Morgan fingerprint density at radius 2 is 1.02 bits per heavy atom. The van der Waals surface area contributed by atoms with Crippen LogP contribution in [0.1, 0.15) is 77.2 Å². The average Bonchev–Trinajstić information content (AvgIpc) is 1.72. The predicted molar refractivity (Wildman–Crippen MR) is 621 cm³/mol. The quantitative estimate of drug-likeness (QED) is 0.0139. The maximum absolute atomic E-state index is 12.3. The minimum absolute atomic E-state index is 0.124. The molecule has 0 bridgehead atoms. The number of H-pyrrole nitrogens is 1. The number of para-hydroxylation sites is 2. The number of nitrogens with one attached hydrogen (secondary N) is 2. The van der Waals surface area contributed by atoms with Gasteiger partial charge in [-0.25, -0.2) is 33.7 Å². The number of carbonyl (C=O) groups is 5. The molecule has 2 saturated heterocycles. The van der Waals surface area contributed by atoms with Gasteiger partial charge >= 0.3 is 35.6 Å². The summed E-state index contributed by atoms with van der Waals surface area (Å²) < 4.78 is 48.2. The third-order valence-corrected chi connectivity index (χ3v) is 25.2. The van der Waals surface area contributed by atoms with E-state index in [9.17, 15) is 38.5 Å². The first-order chi connectivity index (χ1) is 69.9. The highest BCUT2D eigenvalue weighted by molar-refractivity contribution is 9.12. The monoisotopic (exact) mass is 2580 g/mol. The van der Waals surface area contributed by atoms with Crippen molar-refractivity contribution in [3.05, 3.63) is 376 Å². The van der Waals surface area contributed by atoms with E-state index in [0.29, 0.717) is 46.4 Å². The second-order valence-corrected chi connectivity index (χ2v) is 48.5. The van der Waals surface area contributed by atoms with E-state index < -0.39 is 32.7 Å². The number of hydrogen-bond donors (Lipinski definition) is 3.